The molecule has 1 unspecified atom stereocenters. The summed E-state index contributed by atoms with van der Waals surface area (Å²) >= 11 is 0. The smallest absolute Gasteiger partial charge is 0.229 e. The number of carbonyl (C=O) groups is 1. The molecule has 2 aliphatic rings. The van der Waals surface area contributed by atoms with Crippen molar-refractivity contribution in [3.8, 4) is 5.75 Å². The molecule has 1 fully saturated rings. The van der Waals surface area contributed by atoms with Crippen molar-refractivity contribution in [3.63, 3.8) is 0 Å². The van der Waals surface area contributed by atoms with Crippen LogP contribution in [0, 0.1) is 5.92 Å². The SMILES string of the molecule is CNC1CCN(C(=O)C2COc3ccccc3C2)CC1.Cl. The fraction of sp³-hybridized carbons (Fsp3) is 0.562. The van der Waals surface area contributed by atoms with Crippen LogP contribution in [0.5, 0.6) is 5.75 Å². The van der Waals surface area contributed by atoms with E-state index in [-0.39, 0.29) is 24.2 Å². The zero-order valence-electron chi connectivity index (χ0n) is 12.4. The van der Waals surface area contributed by atoms with E-state index in [2.05, 4.69) is 11.4 Å². The van der Waals surface area contributed by atoms with Crippen LogP contribution < -0.4 is 10.1 Å². The number of likely N-dealkylation sites (tertiary alicyclic amines) is 1. The number of ether oxygens (including phenoxy) is 1. The highest BCUT2D eigenvalue weighted by Gasteiger charge is 2.31. The first kappa shape index (κ1) is 16.1. The summed E-state index contributed by atoms with van der Waals surface area (Å²) in [7, 11) is 1.99. The first-order valence-corrected chi connectivity index (χ1v) is 7.44. The maximum Gasteiger partial charge on any atom is 0.229 e. The zero-order valence-corrected chi connectivity index (χ0v) is 13.2. The highest BCUT2D eigenvalue weighted by atomic mass is 35.5. The maximum absolute atomic E-state index is 12.6. The van der Waals surface area contributed by atoms with Gasteiger partial charge in [0, 0.05) is 19.1 Å². The first-order valence-electron chi connectivity index (χ1n) is 7.44. The largest absolute Gasteiger partial charge is 0.492 e. The van der Waals surface area contributed by atoms with Crippen molar-refractivity contribution in [1.29, 1.82) is 0 Å². The number of piperidine rings is 1. The number of carbonyl (C=O) groups excluding carboxylic acids is 1. The first-order chi connectivity index (χ1) is 9.78. The van der Waals surface area contributed by atoms with Crippen molar-refractivity contribution in [3.05, 3.63) is 29.8 Å². The van der Waals surface area contributed by atoms with E-state index in [0.29, 0.717) is 12.6 Å². The Kier molecular flexibility index (Phi) is 5.48. The van der Waals surface area contributed by atoms with Crippen molar-refractivity contribution in [1.82, 2.24) is 10.2 Å². The van der Waals surface area contributed by atoms with Crippen LogP contribution in [0.15, 0.2) is 24.3 Å². The second-order valence-electron chi connectivity index (χ2n) is 5.71. The minimum atomic E-state index is -0.0176. The predicted octanol–water partition coefficient (Wildman–Crippen LogP) is 1.87. The molecule has 1 saturated heterocycles. The molecule has 116 valence electrons. The second-order valence-corrected chi connectivity index (χ2v) is 5.71. The van der Waals surface area contributed by atoms with E-state index in [4.69, 9.17) is 4.74 Å². The lowest BCUT2D eigenvalue weighted by atomic mass is 9.94. The summed E-state index contributed by atoms with van der Waals surface area (Å²) in [6, 6.07) is 8.58. The molecule has 1 aromatic rings. The Morgan fingerprint density at radius 2 is 2.00 bits per heavy atom. The van der Waals surface area contributed by atoms with Crippen LogP contribution in [0.25, 0.3) is 0 Å². The Balaban J connectivity index is 0.00000161. The van der Waals surface area contributed by atoms with Gasteiger partial charge in [0.2, 0.25) is 5.91 Å². The molecule has 1 atom stereocenters. The van der Waals surface area contributed by atoms with Crippen LogP contribution in [-0.4, -0.2) is 43.6 Å². The van der Waals surface area contributed by atoms with Gasteiger partial charge in [-0.1, -0.05) is 18.2 Å². The molecule has 0 aromatic heterocycles. The Hall–Kier alpha value is -1.26. The van der Waals surface area contributed by atoms with Crippen LogP contribution in [0.2, 0.25) is 0 Å². The van der Waals surface area contributed by atoms with Crippen LogP contribution in [-0.2, 0) is 11.2 Å². The van der Waals surface area contributed by atoms with E-state index < -0.39 is 0 Å². The lowest BCUT2D eigenvalue weighted by molar-refractivity contribution is -0.138. The van der Waals surface area contributed by atoms with Gasteiger partial charge in [-0.15, -0.1) is 12.4 Å². The fourth-order valence-corrected chi connectivity index (χ4v) is 3.13. The molecule has 0 saturated carbocycles. The van der Waals surface area contributed by atoms with E-state index in [9.17, 15) is 4.79 Å². The number of halogens is 1. The topological polar surface area (TPSA) is 41.6 Å². The van der Waals surface area contributed by atoms with Gasteiger partial charge in [-0.3, -0.25) is 4.79 Å². The van der Waals surface area contributed by atoms with E-state index >= 15 is 0 Å². The average Bonchev–Trinajstić information content (AvgIpc) is 2.54. The molecule has 21 heavy (non-hydrogen) atoms. The van der Waals surface area contributed by atoms with E-state index in [1.54, 1.807) is 0 Å². The molecule has 1 aromatic carbocycles. The number of hydrogen-bond acceptors (Lipinski definition) is 3. The molecule has 1 amide bonds. The third-order valence-corrected chi connectivity index (χ3v) is 4.44. The highest BCUT2D eigenvalue weighted by Crippen LogP contribution is 2.28. The number of para-hydroxylation sites is 1. The third-order valence-electron chi connectivity index (χ3n) is 4.44. The fourth-order valence-electron chi connectivity index (χ4n) is 3.13. The number of hydrogen-bond donors (Lipinski definition) is 1. The molecule has 5 heteroatoms. The van der Waals surface area contributed by atoms with Crippen molar-refractivity contribution < 1.29 is 9.53 Å². The monoisotopic (exact) mass is 310 g/mol. The van der Waals surface area contributed by atoms with Gasteiger partial charge in [0.15, 0.2) is 0 Å². The Labute approximate surface area is 132 Å². The lowest BCUT2D eigenvalue weighted by Gasteiger charge is -2.35. The summed E-state index contributed by atoms with van der Waals surface area (Å²) in [5.41, 5.74) is 1.15. The minimum absolute atomic E-state index is 0. The van der Waals surface area contributed by atoms with Gasteiger partial charge in [-0.2, -0.15) is 0 Å². The lowest BCUT2D eigenvalue weighted by Crippen LogP contribution is -2.47. The normalized spacial score (nSPS) is 22.0. The van der Waals surface area contributed by atoms with Gasteiger partial charge < -0.3 is 15.0 Å². The van der Waals surface area contributed by atoms with Gasteiger partial charge in [-0.05, 0) is 37.9 Å². The summed E-state index contributed by atoms with van der Waals surface area (Å²) in [5.74, 6) is 1.18. The molecule has 2 heterocycles. The quantitative estimate of drug-likeness (QED) is 0.907. The molecule has 2 aliphatic heterocycles. The summed E-state index contributed by atoms with van der Waals surface area (Å²) in [6.07, 6.45) is 2.90. The number of rotatable bonds is 2. The number of fused-ring (bicyclic) bond motifs is 1. The standard InChI is InChI=1S/C16H22N2O2.ClH/c1-17-14-6-8-18(9-7-14)16(19)13-10-12-4-2-3-5-15(12)20-11-13;/h2-5,13-14,17H,6-11H2,1H3;1H. The summed E-state index contributed by atoms with van der Waals surface area (Å²) in [6.45, 7) is 2.24. The Morgan fingerprint density at radius 3 is 2.71 bits per heavy atom. The number of nitrogens with zero attached hydrogens (tertiary/aromatic N) is 1. The molecule has 1 N–H and O–H groups in total. The van der Waals surface area contributed by atoms with E-state index in [1.807, 2.05) is 30.1 Å². The average molecular weight is 311 g/mol. The molecular formula is C16H23ClN2O2. The van der Waals surface area contributed by atoms with Gasteiger partial charge in [0.05, 0.1) is 5.92 Å². The van der Waals surface area contributed by atoms with Crippen LogP contribution in [0.1, 0.15) is 18.4 Å². The number of benzene rings is 1. The van der Waals surface area contributed by atoms with E-state index in [1.165, 1.54) is 0 Å². The van der Waals surface area contributed by atoms with Crippen molar-refractivity contribution in [2.24, 2.45) is 5.92 Å². The third kappa shape index (κ3) is 3.50. The van der Waals surface area contributed by atoms with Crippen LogP contribution >= 0.6 is 12.4 Å². The summed E-state index contributed by atoms with van der Waals surface area (Å²) < 4.78 is 5.73. The van der Waals surface area contributed by atoms with Crippen LogP contribution in [0.3, 0.4) is 0 Å². The van der Waals surface area contributed by atoms with Gasteiger partial charge in [0.25, 0.3) is 0 Å². The second kappa shape index (κ2) is 7.14. The summed E-state index contributed by atoms with van der Waals surface area (Å²) in [4.78, 5) is 14.6. The molecule has 0 bridgehead atoms. The van der Waals surface area contributed by atoms with Gasteiger partial charge in [-0.25, -0.2) is 0 Å². The predicted molar refractivity (Wildman–Crippen MR) is 85.0 cm³/mol. The number of nitrogens with one attached hydrogen (secondary N) is 1. The van der Waals surface area contributed by atoms with Crippen molar-refractivity contribution >= 4 is 18.3 Å². The minimum Gasteiger partial charge on any atom is -0.492 e. The Morgan fingerprint density at radius 1 is 1.29 bits per heavy atom. The van der Waals surface area contributed by atoms with Gasteiger partial charge >= 0.3 is 0 Å². The molecule has 4 nitrogen and oxygen atoms in total. The van der Waals surface area contributed by atoms with E-state index in [0.717, 1.165) is 43.7 Å². The zero-order chi connectivity index (χ0) is 13.9. The molecule has 3 rings (SSSR count). The highest BCUT2D eigenvalue weighted by molar-refractivity contribution is 5.85. The van der Waals surface area contributed by atoms with Crippen molar-refractivity contribution in [2.75, 3.05) is 26.7 Å². The molecule has 0 aliphatic carbocycles. The van der Waals surface area contributed by atoms with Gasteiger partial charge in [0.1, 0.15) is 12.4 Å². The molecular weight excluding hydrogens is 288 g/mol. The van der Waals surface area contributed by atoms with Crippen LogP contribution in [0.4, 0.5) is 0 Å². The molecule has 0 radical (unpaired) electrons. The maximum atomic E-state index is 12.6. The summed E-state index contributed by atoms with van der Waals surface area (Å²) in [5, 5.41) is 3.29. The number of amides is 1. The van der Waals surface area contributed by atoms with Crippen molar-refractivity contribution in [2.45, 2.75) is 25.3 Å². The molecule has 0 spiro atoms. The Bertz CT molecular complexity index is 487.